The number of hydrogen-bond acceptors (Lipinski definition) is 3. The monoisotopic (exact) mass is 237 g/mol. The third-order valence-electron chi connectivity index (χ3n) is 2.64. The van der Waals surface area contributed by atoms with Crippen LogP contribution in [0, 0.1) is 5.41 Å². The molecule has 4 nitrogen and oxygen atoms in total. The van der Waals surface area contributed by atoms with E-state index >= 15 is 0 Å². The predicted octanol–water partition coefficient (Wildman–Crippen LogP) is 1.79. The molecular weight excluding hydrogens is 222 g/mol. The molecule has 0 fully saturated rings. The maximum atomic E-state index is 5.46. The van der Waals surface area contributed by atoms with E-state index in [0.717, 1.165) is 29.9 Å². The van der Waals surface area contributed by atoms with Gasteiger partial charge in [-0.3, -0.25) is 5.43 Å². The third-order valence-corrected chi connectivity index (χ3v) is 2.73. The Morgan fingerprint density at radius 2 is 2.31 bits per heavy atom. The molecule has 1 heterocycles. The lowest BCUT2D eigenvalue weighted by Crippen LogP contribution is -2.30. The second-order valence-corrected chi connectivity index (χ2v) is 5.25. The summed E-state index contributed by atoms with van der Waals surface area (Å²) in [6.07, 6.45) is 3.51. The van der Waals surface area contributed by atoms with Crippen LogP contribution in [-0.4, -0.2) is 10.8 Å². The highest BCUT2D eigenvalue weighted by atomic mass is 32.1. The summed E-state index contributed by atoms with van der Waals surface area (Å²) in [6, 6.07) is 1.94. The van der Waals surface area contributed by atoms with Crippen molar-refractivity contribution in [3.63, 3.8) is 0 Å². The normalized spacial score (nSPS) is 20.5. The average Bonchev–Trinajstić information content (AvgIpc) is 2.59. The van der Waals surface area contributed by atoms with Gasteiger partial charge in [-0.05, 0) is 30.1 Å². The lowest BCUT2D eigenvalue weighted by molar-refractivity contribution is 0.331. The minimum atomic E-state index is 0.154. The van der Waals surface area contributed by atoms with Gasteiger partial charge in [0.2, 0.25) is 0 Å². The number of nitrogens with zero attached hydrogens (tertiary/aromatic N) is 1. The molecule has 0 aromatic carbocycles. The van der Waals surface area contributed by atoms with E-state index in [0.29, 0.717) is 0 Å². The number of furan rings is 1. The molecule has 0 unspecified atom stereocenters. The van der Waals surface area contributed by atoms with E-state index in [2.05, 4.69) is 24.4 Å². The number of nitrogens with one attached hydrogen (secondary N) is 1. The van der Waals surface area contributed by atoms with Crippen molar-refractivity contribution in [2.75, 3.05) is 0 Å². The number of hydrogen-bond donors (Lipinski definition) is 2. The van der Waals surface area contributed by atoms with Gasteiger partial charge in [0, 0.05) is 12.0 Å². The Bertz CT molecular complexity index is 448. The fraction of sp³-hybridized carbons (Fsp3) is 0.455. The SMILES string of the molecule is CC1(C)CC(=NNC(N)=S)c2ccoc2C1. The van der Waals surface area contributed by atoms with Gasteiger partial charge in [0.15, 0.2) is 5.11 Å². The predicted molar refractivity (Wildman–Crippen MR) is 67.3 cm³/mol. The van der Waals surface area contributed by atoms with Crippen LogP contribution in [-0.2, 0) is 6.42 Å². The van der Waals surface area contributed by atoms with Crippen molar-refractivity contribution in [3.8, 4) is 0 Å². The van der Waals surface area contributed by atoms with E-state index in [1.54, 1.807) is 6.26 Å². The van der Waals surface area contributed by atoms with E-state index in [1.165, 1.54) is 0 Å². The van der Waals surface area contributed by atoms with Gasteiger partial charge in [0.25, 0.3) is 0 Å². The first-order valence-corrected chi connectivity index (χ1v) is 5.57. The molecule has 0 saturated heterocycles. The maximum Gasteiger partial charge on any atom is 0.184 e. The molecule has 0 aliphatic heterocycles. The molecule has 1 aromatic rings. The zero-order valence-corrected chi connectivity index (χ0v) is 10.2. The van der Waals surface area contributed by atoms with Crippen LogP contribution >= 0.6 is 12.2 Å². The molecular formula is C11H15N3OS. The first-order chi connectivity index (χ1) is 7.48. The van der Waals surface area contributed by atoms with Gasteiger partial charge in [-0.15, -0.1) is 0 Å². The Hall–Kier alpha value is -1.36. The fourth-order valence-corrected chi connectivity index (χ4v) is 2.05. The smallest absolute Gasteiger partial charge is 0.184 e. The fourth-order valence-electron chi connectivity index (χ4n) is 2.00. The molecule has 0 atom stereocenters. The first kappa shape index (κ1) is 11.1. The van der Waals surface area contributed by atoms with Gasteiger partial charge in [-0.2, -0.15) is 5.10 Å². The van der Waals surface area contributed by atoms with Crippen LogP contribution in [0.2, 0.25) is 0 Å². The van der Waals surface area contributed by atoms with Gasteiger partial charge in [-0.1, -0.05) is 13.8 Å². The Morgan fingerprint density at radius 1 is 1.56 bits per heavy atom. The largest absolute Gasteiger partial charge is 0.469 e. The molecule has 2 rings (SSSR count). The third kappa shape index (κ3) is 2.24. The van der Waals surface area contributed by atoms with Gasteiger partial charge in [0.05, 0.1) is 12.0 Å². The molecule has 0 spiro atoms. The van der Waals surface area contributed by atoms with Gasteiger partial charge >= 0.3 is 0 Å². The molecule has 5 heteroatoms. The standard InChI is InChI=1S/C11H15N3OS/c1-11(2)5-8(13-14-10(12)16)7-3-4-15-9(7)6-11/h3-4H,5-6H2,1-2H3,(H3,12,14,16). The maximum absolute atomic E-state index is 5.46. The van der Waals surface area contributed by atoms with E-state index < -0.39 is 0 Å². The summed E-state index contributed by atoms with van der Waals surface area (Å²) in [4.78, 5) is 0. The van der Waals surface area contributed by atoms with E-state index in [9.17, 15) is 0 Å². The minimum absolute atomic E-state index is 0.154. The van der Waals surface area contributed by atoms with Gasteiger partial charge < -0.3 is 10.2 Å². The first-order valence-electron chi connectivity index (χ1n) is 5.17. The molecule has 86 valence electrons. The van der Waals surface area contributed by atoms with E-state index in [4.69, 9.17) is 22.4 Å². The Labute approximate surface area is 99.9 Å². The number of hydrazone groups is 1. The lowest BCUT2D eigenvalue weighted by atomic mass is 9.76. The number of thiocarbonyl (C=S) groups is 1. The van der Waals surface area contributed by atoms with Crippen LogP contribution in [0.4, 0.5) is 0 Å². The highest BCUT2D eigenvalue weighted by Gasteiger charge is 2.31. The summed E-state index contributed by atoms with van der Waals surface area (Å²) in [5.41, 5.74) is 10.2. The van der Waals surface area contributed by atoms with Crippen molar-refractivity contribution in [2.24, 2.45) is 16.3 Å². The molecule has 0 radical (unpaired) electrons. The van der Waals surface area contributed by atoms with Gasteiger partial charge in [0.1, 0.15) is 5.76 Å². The van der Waals surface area contributed by atoms with Crippen molar-refractivity contribution in [3.05, 3.63) is 23.7 Å². The summed E-state index contributed by atoms with van der Waals surface area (Å²) >= 11 is 4.74. The summed E-state index contributed by atoms with van der Waals surface area (Å²) < 4.78 is 5.46. The Kier molecular flexibility index (Phi) is 2.71. The van der Waals surface area contributed by atoms with Crippen LogP contribution in [0.1, 0.15) is 31.6 Å². The molecule has 1 aromatic heterocycles. The summed E-state index contributed by atoms with van der Waals surface area (Å²) in [5, 5.41) is 4.41. The zero-order chi connectivity index (χ0) is 11.8. The lowest BCUT2D eigenvalue weighted by Gasteiger charge is -2.29. The second-order valence-electron chi connectivity index (χ2n) is 4.81. The van der Waals surface area contributed by atoms with Crippen molar-refractivity contribution < 1.29 is 4.42 Å². The van der Waals surface area contributed by atoms with Crippen LogP contribution < -0.4 is 11.2 Å². The molecule has 1 aliphatic carbocycles. The zero-order valence-electron chi connectivity index (χ0n) is 9.41. The highest BCUT2D eigenvalue weighted by molar-refractivity contribution is 7.80. The molecule has 0 amide bonds. The second kappa shape index (κ2) is 3.90. The number of fused-ring (bicyclic) bond motifs is 1. The van der Waals surface area contributed by atoms with Crippen molar-refractivity contribution in [2.45, 2.75) is 26.7 Å². The Morgan fingerprint density at radius 3 is 3.00 bits per heavy atom. The van der Waals surface area contributed by atoms with E-state index in [1.807, 2.05) is 6.07 Å². The molecule has 1 aliphatic rings. The molecule has 0 saturated carbocycles. The average molecular weight is 237 g/mol. The molecule has 3 N–H and O–H groups in total. The molecule has 0 bridgehead atoms. The van der Waals surface area contributed by atoms with Crippen LogP contribution in [0.3, 0.4) is 0 Å². The van der Waals surface area contributed by atoms with E-state index in [-0.39, 0.29) is 10.5 Å². The topological polar surface area (TPSA) is 63.5 Å². The van der Waals surface area contributed by atoms with Crippen LogP contribution in [0.25, 0.3) is 0 Å². The summed E-state index contributed by atoms with van der Waals surface area (Å²) in [5.74, 6) is 0.986. The summed E-state index contributed by atoms with van der Waals surface area (Å²) in [6.45, 7) is 4.38. The van der Waals surface area contributed by atoms with Crippen LogP contribution in [0.5, 0.6) is 0 Å². The quantitative estimate of drug-likeness (QED) is 0.577. The van der Waals surface area contributed by atoms with Crippen LogP contribution in [0.15, 0.2) is 21.8 Å². The minimum Gasteiger partial charge on any atom is -0.469 e. The summed E-state index contributed by atoms with van der Waals surface area (Å²) in [7, 11) is 0. The molecule has 16 heavy (non-hydrogen) atoms. The van der Waals surface area contributed by atoms with Crippen molar-refractivity contribution in [1.29, 1.82) is 0 Å². The number of rotatable bonds is 1. The highest BCUT2D eigenvalue weighted by Crippen LogP contribution is 2.35. The number of nitrogens with two attached hydrogens (primary N) is 1. The van der Waals surface area contributed by atoms with Gasteiger partial charge in [-0.25, -0.2) is 0 Å². The Balaban J connectivity index is 2.33. The van der Waals surface area contributed by atoms with Crippen molar-refractivity contribution in [1.82, 2.24) is 5.43 Å². The van der Waals surface area contributed by atoms with Crippen molar-refractivity contribution >= 4 is 23.0 Å².